The molecule has 6 nitrogen and oxygen atoms in total. The second kappa shape index (κ2) is 10.1. The summed E-state index contributed by atoms with van der Waals surface area (Å²) in [5.74, 6) is 0.118. The maximum atomic E-state index is 13.5. The van der Waals surface area contributed by atoms with Gasteiger partial charge in [0.15, 0.2) is 6.61 Å². The summed E-state index contributed by atoms with van der Waals surface area (Å²) in [5.41, 5.74) is 1.53. The molecule has 1 heterocycles. The fourth-order valence-electron chi connectivity index (χ4n) is 4.02. The Morgan fingerprint density at radius 2 is 1.67 bits per heavy atom. The number of hydrogen-bond acceptors (Lipinski definition) is 4. The number of nitrogens with one attached hydrogen (secondary N) is 1. The van der Waals surface area contributed by atoms with E-state index in [2.05, 4.69) is 10.2 Å². The Bertz CT molecular complexity index is 1160. The lowest BCUT2D eigenvalue weighted by atomic mass is 10.0. The fourth-order valence-corrected chi connectivity index (χ4v) is 4.21. The Kier molecular flexibility index (Phi) is 7.04. The molecule has 2 amide bonds. The molecule has 1 N–H and O–H groups in total. The predicted octanol–water partition coefficient (Wildman–Crippen LogP) is 4.36. The first kappa shape index (κ1) is 22.9. The molecule has 0 spiro atoms. The first-order chi connectivity index (χ1) is 15.9. The smallest absolute Gasteiger partial charge is 0.258 e. The molecule has 0 aliphatic carbocycles. The summed E-state index contributed by atoms with van der Waals surface area (Å²) in [6.07, 6.45) is 0. The number of carbonyl (C=O) groups excluding carboxylic acids is 2. The minimum absolute atomic E-state index is 0.0228. The first-order valence-electron chi connectivity index (χ1n) is 11.2. The third kappa shape index (κ3) is 5.57. The van der Waals surface area contributed by atoms with Gasteiger partial charge in [0.1, 0.15) is 5.75 Å². The fraction of sp³-hybridized carbons (Fsp3) is 0.308. The summed E-state index contributed by atoms with van der Waals surface area (Å²) in [7, 11) is 0. The van der Waals surface area contributed by atoms with Crippen molar-refractivity contribution in [2.24, 2.45) is 0 Å². The van der Waals surface area contributed by atoms with Crippen molar-refractivity contribution in [3.63, 3.8) is 0 Å². The quantitative estimate of drug-likeness (QED) is 0.587. The molecule has 1 aliphatic heterocycles. The van der Waals surface area contributed by atoms with Crippen molar-refractivity contribution in [3.8, 4) is 5.75 Å². The average Bonchev–Trinajstić information content (AvgIpc) is 2.81. The molecule has 7 heteroatoms. The van der Waals surface area contributed by atoms with Crippen LogP contribution in [0.2, 0.25) is 5.02 Å². The molecule has 33 heavy (non-hydrogen) atoms. The van der Waals surface area contributed by atoms with Gasteiger partial charge in [-0.15, -0.1) is 0 Å². The summed E-state index contributed by atoms with van der Waals surface area (Å²) in [4.78, 5) is 29.7. The van der Waals surface area contributed by atoms with E-state index in [0.29, 0.717) is 42.5 Å². The molecule has 1 fully saturated rings. The van der Waals surface area contributed by atoms with Crippen molar-refractivity contribution in [2.45, 2.75) is 19.9 Å². The third-order valence-corrected chi connectivity index (χ3v) is 5.86. The van der Waals surface area contributed by atoms with Crippen LogP contribution in [0.1, 0.15) is 24.2 Å². The number of nitrogens with zero attached hydrogens (tertiary/aromatic N) is 2. The summed E-state index contributed by atoms with van der Waals surface area (Å²) in [6, 6.07) is 19.3. The van der Waals surface area contributed by atoms with Gasteiger partial charge in [-0.05, 0) is 55.0 Å². The number of rotatable bonds is 6. The van der Waals surface area contributed by atoms with Gasteiger partial charge in [-0.3, -0.25) is 9.59 Å². The van der Waals surface area contributed by atoms with Gasteiger partial charge in [-0.1, -0.05) is 41.9 Å². The lowest BCUT2D eigenvalue weighted by Crippen LogP contribution is -2.48. The Morgan fingerprint density at radius 1 is 0.970 bits per heavy atom. The van der Waals surface area contributed by atoms with E-state index in [-0.39, 0.29) is 24.5 Å². The second-order valence-corrected chi connectivity index (χ2v) is 8.90. The number of anilines is 1. The molecule has 172 valence electrons. The minimum Gasteiger partial charge on any atom is -0.483 e. The van der Waals surface area contributed by atoms with E-state index in [4.69, 9.17) is 16.3 Å². The van der Waals surface area contributed by atoms with Crippen molar-refractivity contribution >= 4 is 39.9 Å². The average molecular weight is 466 g/mol. The van der Waals surface area contributed by atoms with Crippen molar-refractivity contribution in [1.82, 2.24) is 10.2 Å². The van der Waals surface area contributed by atoms with E-state index in [1.165, 1.54) is 0 Å². The minimum atomic E-state index is -0.216. The number of benzene rings is 3. The number of fused-ring (bicyclic) bond motifs is 1. The molecule has 0 unspecified atom stereocenters. The van der Waals surface area contributed by atoms with Crippen molar-refractivity contribution < 1.29 is 14.3 Å². The van der Waals surface area contributed by atoms with E-state index in [9.17, 15) is 9.59 Å². The van der Waals surface area contributed by atoms with Crippen LogP contribution in [-0.2, 0) is 4.79 Å². The largest absolute Gasteiger partial charge is 0.483 e. The molecule has 0 saturated carbocycles. The van der Waals surface area contributed by atoms with E-state index in [1.807, 2.05) is 79.4 Å². The number of hydrogen-bond donors (Lipinski definition) is 1. The van der Waals surface area contributed by atoms with Crippen LogP contribution in [0.4, 0.5) is 5.69 Å². The molecular weight excluding hydrogens is 438 g/mol. The topological polar surface area (TPSA) is 61.9 Å². The van der Waals surface area contributed by atoms with Crippen LogP contribution in [0, 0.1) is 0 Å². The van der Waals surface area contributed by atoms with Gasteiger partial charge in [0.05, 0.1) is 5.56 Å². The summed E-state index contributed by atoms with van der Waals surface area (Å²) in [6.45, 7) is 6.26. The van der Waals surface area contributed by atoms with E-state index in [0.717, 1.165) is 16.5 Å². The summed E-state index contributed by atoms with van der Waals surface area (Å²) in [5, 5.41) is 5.43. The van der Waals surface area contributed by atoms with Gasteiger partial charge >= 0.3 is 0 Å². The van der Waals surface area contributed by atoms with E-state index in [1.54, 1.807) is 0 Å². The highest BCUT2D eigenvalue weighted by molar-refractivity contribution is 6.30. The molecule has 0 aromatic heterocycles. The van der Waals surface area contributed by atoms with Crippen molar-refractivity contribution in [2.75, 3.05) is 37.7 Å². The van der Waals surface area contributed by atoms with Crippen LogP contribution in [0.15, 0.2) is 60.7 Å². The van der Waals surface area contributed by atoms with Crippen molar-refractivity contribution in [1.29, 1.82) is 0 Å². The van der Waals surface area contributed by atoms with Gasteiger partial charge in [0.25, 0.3) is 11.8 Å². The van der Waals surface area contributed by atoms with Crippen molar-refractivity contribution in [3.05, 3.63) is 71.2 Å². The van der Waals surface area contributed by atoms with E-state index >= 15 is 0 Å². The molecule has 1 saturated heterocycles. The zero-order chi connectivity index (χ0) is 23.4. The van der Waals surface area contributed by atoms with Gasteiger partial charge in [-0.2, -0.15) is 0 Å². The lowest BCUT2D eigenvalue weighted by Gasteiger charge is -2.36. The van der Waals surface area contributed by atoms with Crippen LogP contribution in [-0.4, -0.2) is 55.5 Å². The molecule has 4 rings (SSSR count). The van der Waals surface area contributed by atoms with E-state index < -0.39 is 0 Å². The SMILES string of the molecule is CC(C)NC(=O)COc1cc2ccccc2cc1C(=O)N1CCN(c2cccc(Cl)c2)CC1. The Hall–Kier alpha value is -3.25. The van der Waals surface area contributed by atoms with Gasteiger partial charge in [0, 0.05) is 42.9 Å². The Balaban J connectivity index is 1.52. The van der Waals surface area contributed by atoms with Crippen LogP contribution in [0.3, 0.4) is 0 Å². The highest BCUT2D eigenvalue weighted by Gasteiger charge is 2.25. The first-order valence-corrected chi connectivity index (χ1v) is 11.5. The maximum absolute atomic E-state index is 13.5. The van der Waals surface area contributed by atoms with Crippen LogP contribution >= 0.6 is 11.6 Å². The number of halogens is 1. The maximum Gasteiger partial charge on any atom is 0.258 e. The highest BCUT2D eigenvalue weighted by atomic mass is 35.5. The Labute approximate surface area is 199 Å². The summed E-state index contributed by atoms with van der Waals surface area (Å²) >= 11 is 6.13. The van der Waals surface area contributed by atoms with Gasteiger partial charge in [0.2, 0.25) is 0 Å². The van der Waals surface area contributed by atoms with Gasteiger partial charge < -0.3 is 19.9 Å². The standard InChI is InChI=1S/C26H28ClN3O3/c1-18(2)28-25(31)17-33-24-15-20-7-4-3-6-19(20)14-23(24)26(32)30-12-10-29(11-13-30)22-9-5-8-21(27)16-22/h3-9,14-16,18H,10-13,17H2,1-2H3,(H,28,31). The highest BCUT2D eigenvalue weighted by Crippen LogP contribution is 2.28. The second-order valence-electron chi connectivity index (χ2n) is 8.47. The molecule has 0 atom stereocenters. The molecule has 3 aromatic rings. The van der Waals surface area contributed by atoms with Gasteiger partial charge in [-0.25, -0.2) is 0 Å². The van der Waals surface area contributed by atoms with Crippen LogP contribution < -0.4 is 15.0 Å². The molecule has 1 aliphatic rings. The number of carbonyl (C=O) groups is 2. The zero-order valence-electron chi connectivity index (χ0n) is 18.9. The lowest BCUT2D eigenvalue weighted by molar-refractivity contribution is -0.123. The molecular formula is C26H28ClN3O3. The molecule has 0 bridgehead atoms. The normalized spacial score (nSPS) is 13.9. The number of amides is 2. The van der Waals surface area contributed by atoms with Crippen LogP contribution in [0.25, 0.3) is 10.8 Å². The predicted molar refractivity (Wildman–Crippen MR) is 132 cm³/mol. The van der Waals surface area contributed by atoms with Crippen LogP contribution in [0.5, 0.6) is 5.75 Å². The monoisotopic (exact) mass is 465 g/mol. The molecule has 3 aromatic carbocycles. The molecule has 0 radical (unpaired) electrons. The summed E-state index contributed by atoms with van der Waals surface area (Å²) < 4.78 is 5.84. The third-order valence-electron chi connectivity index (χ3n) is 5.63. The Morgan fingerprint density at radius 3 is 2.33 bits per heavy atom. The number of piperazine rings is 1. The zero-order valence-corrected chi connectivity index (χ0v) is 19.6. The number of ether oxygens (including phenoxy) is 1.